The van der Waals surface area contributed by atoms with Gasteiger partial charge in [-0.2, -0.15) is 0 Å². The summed E-state index contributed by atoms with van der Waals surface area (Å²) in [5.74, 6) is -0.208. The average Bonchev–Trinajstić information content (AvgIpc) is 2.40. The predicted molar refractivity (Wildman–Crippen MR) is 81.0 cm³/mol. The Bertz CT molecular complexity index is 681. The maximum Gasteiger partial charge on any atom is 0.341 e. The summed E-state index contributed by atoms with van der Waals surface area (Å²) in [5.41, 5.74) is 7.84. The Labute approximate surface area is 123 Å². The highest BCUT2D eigenvalue weighted by molar-refractivity contribution is 5.91. The largest absolute Gasteiger partial charge is 0.477 e. The van der Waals surface area contributed by atoms with Crippen molar-refractivity contribution in [1.82, 2.24) is 4.98 Å². The van der Waals surface area contributed by atoms with Crippen molar-refractivity contribution in [2.75, 3.05) is 5.73 Å². The number of aromatic nitrogens is 1. The SMILES string of the molecule is Cc1ccc(C(C)C)c(Oc2ncc(N)cc2C(=O)O)c1. The van der Waals surface area contributed by atoms with Crippen molar-refractivity contribution in [1.29, 1.82) is 0 Å². The van der Waals surface area contributed by atoms with E-state index in [0.717, 1.165) is 11.1 Å². The fourth-order valence-corrected chi connectivity index (χ4v) is 2.01. The number of rotatable bonds is 4. The number of pyridine rings is 1. The van der Waals surface area contributed by atoms with Crippen LogP contribution in [0.2, 0.25) is 0 Å². The molecule has 0 aliphatic rings. The van der Waals surface area contributed by atoms with Gasteiger partial charge in [-0.25, -0.2) is 9.78 Å². The number of carboxylic acid groups (broad SMARTS) is 1. The van der Waals surface area contributed by atoms with Crippen molar-refractivity contribution in [3.05, 3.63) is 47.2 Å². The van der Waals surface area contributed by atoms with Gasteiger partial charge in [0.25, 0.3) is 0 Å². The summed E-state index contributed by atoms with van der Waals surface area (Å²) in [6, 6.07) is 7.19. The first-order valence-electron chi connectivity index (χ1n) is 6.65. The second-order valence-electron chi connectivity index (χ2n) is 5.22. The number of nitrogens with two attached hydrogens (primary N) is 1. The number of aromatic carboxylic acids is 1. The molecule has 5 heteroatoms. The Morgan fingerprint density at radius 3 is 2.67 bits per heavy atom. The minimum Gasteiger partial charge on any atom is -0.477 e. The smallest absolute Gasteiger partial charge is 0.341 e. The van der Waals surface area contributed by atoms with Crippen molar-refractivity contribution in [3.8, 4) is 11.6 Å². The first-order valence-corrected chi connectivity index (χ1v) is 6.65. The fourth-order valence-electron chi connectivity index (χ4n) is 2.01. The van der Waals surface area contributed by atoms with Crippen LogP contribution >= 0.6 is 0 Å². The van der Waals surface area contributed by atoms with Gasteiger partial charge in [-0.05, 0) is 36.1 Å². The summed E-state index contributed by atoms with van der Waals surface area (Å²) >= 11 is 0. The Balaban J connectivity index is 2.47. The Morgan fingerprint density at radius 2 is 2.05 bits per heavy atom. The quantitative estimate of drug-likeness (QED) is 0.897. The van der Waals surface area contributed by atoms with Gasteiger partial charge in [0.05, 0.1) is 11.9 Å². The molecule has 2 rings (SSSR count). The lowest BCUT2D eigenvalue weighted by Gasteiger charge is -2.15. The topological polar surface area (TPSA) is 85.4 Å². The van der Waals surface area contributed by atoms with Crippen LogP contribution in [0.25, 0.3) is 0 Å². The molecule has 0 saturated carbocycles. The molecular weight excluding hydrogens is 268 g/mol. The van der Waals surface area contributed by atoms with Gasteiger partial charge in [-0.1, -0.05) is 26.0 Å². The van der Waals surface area contributed by atoms with Gasteiger partial charge in [-0.3, -0.25) is 0 Å². The number of aryl methyl sites for hydroxylation is 1. The molecule has 0 aliphatic heterocycles. The number of hydrogen-bond donors (Lipinski definition) is 2. The highest BCUT2D eigenvalue weighted by Crippen LogP contribution is 2.32. The summed E-state index contributed by atoms with van der Waals surface area (Å²) in [6.07, 6.45) is 1.38. The molecule has 0 radical (unpaired) electrons. The number of hydrogen-bond acceptors (Lipinski definition) is 4. The number of nitrogens with zero attached hydrogens (tertiary/aromatic N) is 1. The lowest BCUT2D eigenvalue weighted by atomic mass is 10.0. The summed E-state index contributed by atoms with van der Waals surface area (Å²) < 4.78 is 5.75. The van der Waals surface area contributed by atoms with Crippen molar-refractivity contribution >= 4 is 11.7 Å². The van der Waals surface area contributed by atoms with Gasteiger partial charge in [0.2, 0.25) is 5.88 Å². The average molecular weight is 286 g/mol. The number of carboxylic acids is 1. The summed E-state index contributed by atoms with van der Waals surface area (Å²) in [4.78, 5) is 15.3. The van der Waals surface area contributed by atoms with E-state index in [1.165, 1.54) is 12.3 Å². The molecule has 0 amide bonds. The van der Waals surface area contributed by atoms with Gasteiger partial charge in [0.15, 0.2) is 0 Å². The molecule has 0 aliphatic carbocycles. The highest BCUT2D eigenvalue weighted by Gasteiger charge is 2.16. The van der Waals surface area contributed by atoms with Crippen LogP contribution in [0.4, 0.5) is 5.69 Å². The maximum atomic E-state index is 11.3. The van der Waals surface area contributed by atoms with Crippen LogP contribution in [0.5, 0.6) is 11.6 Å². The van der Waals surface area contributed by atoms with Crippen LogP contribution in [0.15, 0.2) is 30.5 Å². The lowest BCUT2D eigenvalue weighted by molar-refractivity contribution is 0.0693. The van der Waals surface area contributed by atoms with E-state index in [1.54, 1.807) is 0 Å². The molecule has 110 valence electrons. The van der Waals surface area contributed by atoms with E-state index in [2.05, 4.69) is 4.98 Å². The first kappa shape index (κ1) is 14.8. The normalized spacial score (nSPS) is 10.7. The number of nitrogen functional groups attached to an aromatic ring is 1. The highest BCUT2D eigenvalue weighted by atomic mass is 16.5. The molecule has 0 saturated heterocycles. The summed E-state index contributed by atoms with van der Waals surface area (Å²) in [6.45, 7) is 6.05. The third kappa shape index (κ3) is 3.31. The van der Waals surface area contributed by atoms with E-state index < -0.39 is 5.97 Å². The summed E-state index contributed by atoms with van der Waals surface area (Å²) in [5, 5.41) is 9.23. The minimum absolute atomic E-state index is 0.0456. The van der Waals surface area contributed by atoms with Crippen molar-refractivity contribution < 1.29 is 14.6 Å². The molecule has 1 heterocycles. The standard InChI is InChI=1S/C16H18N2O3/c1-9(2)12-5-4-10(3)6-14(12)21-15-13(16(19)20)7-11(17)8-18-15/h4-9H,17H2,1-3H3,(H,19,20). The van der Waals surface area contributed by atoms with Gasteiger partial charge in [0, 0.05) is 0 Å². The molecule has 0 spiro atoms. The second kappa shape index (κ2) is 5.83. The summed E-state index contributed by atoms with van der Waals surface area (Å²) in [7, 11) is 0. The van der Waals surface area contributed by atoms with E-state index in [9.17, 15) is 9.90 Å². The van der Waals surface area contributed by atoms with Crippen LogP contribution < -0.4 is 10.5 Å². The molecule has 1 aromatic heterocycles. The van der Waals surface area contributed by atoms with Gasteiger partial charge in [-0.15, -0.1) is 0 Å². The molecule has 5 nitrogen and oxygen atoms in total. The molecule has 1 aromatic carbocycles. The zero-order valence-corrected chi connectivity index (χ0v) is 12.3. The van der Waals surface area contributed by atoms with Gasteiger partial charge in [0.1, 0.15) is 11.3 Å². The maximum absolute atomic E-state index is 11.3. The molecule has 2 aromatic rings. The van der Waals surface area contributed by atoms with Crippen molar-refractivity contribution in [2.45, 2.75) is 26.7 Å². The van der Waals surface area contributed by atoms with Gasteiger partial charge >= 0.3 is 5.97 Å². The van der Waals surface area contributed by atoms with E-state index in [4.69, 9.17) is 10.5 Å². The molecule has 0 atom stereocenters. The molecule has 0 fully saturated rings. The number of carbonyl (C=O) groups is 1. The van der Waals surface area contributed by atoms with Crippen molar-refractivity contribution in [3.63, 3.8) is 0 Å². The minimum atomic E-state index is -1.12. The van der Waals surface area contributed by atoms with Crippen LogP contribution in [0, 0.1) is 6.92 Å². The van der Waals surface area contributed by atoms with Crippen LogP contribution in [-0.2, 0) is 0 Å². The predicted octanol–water partition coefficient (Wildman–Crippen LogP) is 3.59. The molecule has 3 N–H and O–H groups in total. The van der Waals surface area contributed by atoms with Gasteiger partial charge < -0.3 is 15.6 Å². The third-order valence-corrected chi connectivity index (χ3v) is 3.10. The molecule has 21 heavy (non-hydrogen) atoms. The number of anilines is 1. The molecular formula is C16H18N2O3. The number of ether oxygens (including phenoxy) is 1. The monoisotopic (exact) mass is 286 g/mol. The van der Waals surface area contributed by atoms with Crippen molar-refractivity contribution in [2.24, 2.45) is 0 Å². The Morgan fingerprint density at radius 1 is 1.33 bits per heavy atom. The molecule has 0 bridgehead atoms. The fraction of sp³-hybridized carbons (Fsp3) is 0.250. The second-order valence-corrected chi connectivity index (χ2v) is 5.22. The van der Waals surface area contributed by atoms with Crippen LogP contribution in [0.1, 0.15) is 41.3 Å². The zero-order chi connectivity index (χ0) is 15.6. The Kier molecular flexibility index (Phi) is 4.12. The first-order chi connectivity index (χ1) is 9.88. The van der Waals surface area contributed by atoms with Crippen LogP contribution in [0.3, 0.4) is 0 Å². The third-order valence-electron chi connectivity index (χ3n) is 3.10. The van der Waals surface area contributed by atoms with Crippen LogP contribution in [-0.4, -0.2) is 16.1 Å². The van der Waals surface area contributed by atoms with E-state index in [-0.39, 0.29) is 23.0 Å². The Hall–Kier alpha value is -2.56. The van der Waals surface area contributed by atoms with E-state index in [0.29, 0.717) is 5.75 Å². The van der Waals surface area contributed by atoms with E-state index in [1.807, 2.05) is 39.0 Å². The zero-order valence-electron chi connectivity index (χ0n) is 12.3. The van der Waals surface area contributed by atoms with E-state index >= 15 is 0 Å². The molecule has 0 unspecified atom stereocenters. The lowest BCUT2D eigenvalue weighted by Crippen LogP contribution is -2.05. The number of benzene rings is 1.